The van der Waals surface area contributed by atoms with Gasteiger partial charge < -0.3 is 0 Å². The number of rotatable bonds is 0. The Kier molecular flexibility index (Phi) is 17.1. The first-order chi connectivity index (χ1) is 13.4. The lowest BCUT2D eigenvalue weighted by atomic mass is 9.90. The van der Waals surface area contributed by atoms with E-state index in [-0.39, 0.29) is 36.8 Å². The third kappa shape index (κ3) is 13.1. The van der Waals surface area contributed by atoms with Gasteiger partial charge in [-0.25, -0.2) is 0 Å². The number of hydrogen-bond acceptors (Lipinski definition) is 2. The fourth-order valence-electron chi connectivity index (χ4n) is 2.17. The second kappa shape index (κ2) is 14.5. The molecule has 0 aliphatic heterocycles. The van der Waals surface area contributed by atoms with Gasteiger partial charge in [-0.1, -0.05) is 84.1 Å². The molecule has 0 radical (unpaired) electrons. The maximum atomic E-state index is 4.57. The second-order valence-electron chi connectivity index (χ2n) is 11.2. The van der Waals surface area contributed by atoms with Crippen molar-refractivity contribution in [2.75, 3.05) is 0 Å². The van der Waals surface area contributed by atoms with E-state index in [1.54, 1.807) is 0 Å². The summed E-state index contributed by atoms with van der Waals surface area (Å²) in [4.78, 5) is 0. The molecule has 32 heavy (non-hydrogen) atoms. The average Bonchev–Trinajstić information content (AvgIpc) is 3.27. The first kappa shape index (κ1) is 37.7. The monoisotopic (exact) mass is 452 g/mol. The molecule has 2 rings (SSSR count). The molecule has 0 spiro atoms. The molecule has 0 aromatic carbocycles. The summed E-state index contributed by atoms with van der Waals surface area (Å²) >= 11 is 0. The molecule has 0 unspecified atom stereocenters. The summed E-state index contributed by atoms with van der Waals surface area (Å²) in [5.41, 5.74) is 2.97. The molecular weight excluding hydrogens is 392 g/mol. The van der Waals surface area contributed by atoms with Crippen molar-refractivity contribution in [1.82, 2.24) is 19.6 Å². The Bertz CT molecular complexity index is 574. The fraction of sp³-hybridized carbons (Fsp3) is 0.786. The normalized spacial score (nSPS) is 11.2. The highest BCUT2D eigenvalue weighted by Crippen LogP contribution is 2.24. The molecule has 0 amide bonds. The molecule has 2 aromatic rings. The van der Waals surface area contributed by atoms with E-state index in [1.807, 2.05) is 43.3 Å². The Balaban J connectivity index is -0.000000201. The van der Waals surface area contributed by atoms with E-state index in [9.17, 15) is 0 Å². The third-order valence-electron chi connectivity index (χ3n) is 4.18. The van der Waals surface area contributed by atoms with Gasteiger partial charge in [-0.05, 0) is 58.6 Å². The summed E-state index contributed by atoms with van der Waals surface area (Å²) < 4.78 is 4.04. The molecule has 0 atom stereocenters. The van der Waals surface area contributed by atoms with Gasteiger partial charge in [0.15, 0.2) is 0 Å². The highest BCUT2D eigenvalue weighted by atomic mass is 15.3. The van der Waals surface area contributed by atoms with Gasteiger partial charge in [0.25, 0.3) is 0 Å². The van der Waals surface area contributed by atoms with Crippen LogP contribution in [0.2, 0.25) is 0 Å². The number of hydrogen-bond donors (Lipinski definition) is 0. The summed E-state index contributed by atoms with van der Waals surface area (Å²) in [6.07, 6.45) is 6.16. The Hall–Kier alpha value is -1.58. The zero-order valence-corrected chi connectivity index (χ0v) is 23.1. The largest absolute Gasteiger partial charge is 0.267 e. The number of nitrogens with zero attached hydrogens (tertiary/aromatic N) is 4. The van der Waals surface area contributed by atoms with Gasteiger partial charge in [0.1, 0.15) is 0 Å². The Morgan fingerprint density at radius 2 is 1.03 bits per heavy atom. The summed E-state index contributed by atoms with van der Waals surface area (Å²) in [6.45, 7) is 34.1. The van der Waals surface area contributed by atoms with Crippen molar-refractivity contribution < 1.29 is 0 Å². The zero-order valence-electron chi connectivity index (χ0n) is 23.1. The minimum atomic E-state index is 0. The van der Waals surface area contributed by atoms with Gasteiger partial charge >= 0.3 is 0 Å². The van der Waals surface area contributed by atoms with Crippen LogP contribution < -0.4 is 0 Å². The minimum Gasteiger partial charge on any atom is -0.267 e. The Morgan fingerprint density at radius 3 is 1.22 bits per heavy atom. The van der Waals surface area contributed by atoms with Crippen LogP contribution in [0.5, 0.6) is 0 Å². The van der Waals surface area contributed by atoms with Crippen molar-refractivity contribution in [2.24, 2.45) is 0 Å². The summed E-state index contributed by atoms with van der Waals surface area (Å²) in [6, 6.07) is 2.10. The molecule has 0 N–H and O–H groups in total. The van der Waals surface area contributed by atoms with Crippen LogP contribution in [-0.2, 0) is 21.9 Å². The van der Waals surface area contributed by atoms with E-state index >= 15 is 0 Å². The fourth-order valence-corrected chi connectivity index (χ4v) is 2.17. The van der Waals surface area contributed by atoms with Crippen LogP contribution in [0.3, 0.4) is 0 Å². The van der Waals surface area contributed by atoms with E-state index in [2.05, 4.69) is 112 Å². The van der Waals surface area contributed by atoms with Gasteiger partial charge in [0.2, 0.25) is 0 Å². The van der Waals surface area contributed by atoms with Crippen LogP contribution >= 0.6 is 0 Å². The molecule has 2 aromatic heterocycles. The van der Waals surface area contributed by atoms with Crippen molar-refractivity contribution in [3.63, 3.8) is 0 Å². The summed E-state index contributed by atoms with van der Waals surface area (Å²) in [7, 11) is 0. The summed E-state index contributed by atoms with van der Waals surface area (Å²) in [5, 5.41) is 8.94. The van der Waals surface area contributed by atoms with Crippen LogP contribution in [0.25, 0.3) is 0 Å². The molecule has 2 heterocycles. The Morgan fingerprint density at radius 1 is 0.625 bits per heavy atom. The molecule has 4 heteroatoms. The second-order valence-corrected chi connectivity index (χ2v) is 11.2. The van der Waals surface area contributed by atoms with Crippen LogP contribution in [0.15, 0.2) is 24.7 Å². The SMILES string of the molecule is C.C.CC.CC.CC(C)(C)c1ccn(C(C)(C)C)n1.CC(C)(C)c1cnn(C(C)(C)C)c1. The van der Waals surface area contributed by atoms with E-state index in [0.717, 1.165) is 5.69 Å². The van der Waals surface area contributed by atoms with E-state index in [0.29, 0.717) is 0 Å². The predicted molar refractivity (Wildman–Crippen MR) is 148 cm³/mol. The maximum Gasteiger partial charge on any atom is 0.0678 e. The first-order valence-electron chi connectivity index (χ1n) is 11.5. The van der Waals surface area contributed by atoms with Gasteiger partial charge in [0.05, 0.1) is 23.0 Å². The van der Waals surface area contributed by atoms with Crippen LogP contribution in [0.4, 0.5) is 0 Å². The van der Waals surface area contributed by atoms with Crippen molar-refractivity contribution in [1.29, 1.82) is 0 Å². The molecule has 4 nitrogen and oxygen atoms in total. The smallest absolute Gasteiger partial charge is 0.0678 e. The number of aromatic nitrogens is 4. The molecule has 0 saturated heterocycles. The molecule has 192 valence electrons. The Labute approximate surface area is 203 Å². The molecule has 0 aliphatic carbocycles. The van der Waals surface area contributed by atoms with Crippen LogP contribution in [0, 0.1) is 0 Å². The van der Waals surface area contributed by atoms with Crippen molar-refractivity contribution >= 4 is 0 Å². The van der Waals surface area contributed by atoms with Gasteiger partial charge in [-0.2, -0.15) is 10.2 Å². The van der Waals surface area contributed by atoms with E-state index < -0.39 is 0 Å². The molecule has 0 fully saturated rings. The maximum absolute atomic E-state index is 4.57. The zero-order chi connectivity index (χ0) is 24.6. The highest BCUT2D eigenvalue weighted by molar-refractivity contribution is 5.15. The lowest BCUT2D eigenvalue weighted by molar-refractivity contribution is 0.348. The molecular formula is C28H60N4. The van der Waals surface area contributed by atoms with Gasteiger partial charge in [-0.3, -0.25) is 9.36 Å². The first-order valence-corrected chi connectivity index (χ1v) is 11.5. The predicted octanol–water partition coefficient (Wildman–Crippen LogP) is 9.20. The van der Waals surface area contributed by atoms with Crippen LogP contribution in [-0.4, -0.2) is 19.6 Å². The van der Waals surface area contributed by atoms with Crippen molar-refractivity contribution in [3.05, 3.63) is 35.9 Å². The van der Waals surface area contributed by atoms with E-state index in [4.69, 9.17) is 0 Å². The average molecular weight is 453 g/mol. The standard InChI is InChI=1S/2C11H20N2.2C2H6.2CH4/c1-10(2,3)9-7-12-13(8-9)11(4,5)6;1-10(2,3)9-7-8-13(12-9)11(4,5)6;2*1-2;;/h2*7-8H,1-6H3;2*1-2H3;2*1H4. The molecule has 0 bridgehead atoms. The molecule has 0 aliphatic rings. The third-order valence-corrected chi connectivity index (χ3v) is 4.18. The van der Waals surface area contributed by atoms with Gasteiger partial charge in [0, 0.05) is 17.8 Å². The van der Waals surface area contributed by atoms with Crippen molar-refractivity contribution in [3.8, 4) is 0 Å². The quantitative estimate of drug-likeness (QED) is 0.399. The van der Waals surface area contributed by atoms with Crippen molar-refractivity contribution in [2.45, 2.75) is 148 Å². The minimum absolute atomic E-state index is 0. The lowest BCUT2D eigenvalue weighted by Crippen LogP contribution is -2.23. The van der Waals surface area contributed by atoms with Crippen LogP contribution in [0.1, 0.15) is 137 Å². The summed E-state index contributed by atoms with van der Waals surface area (Å²) in [5.74, 6) is 0. The molecule has 0 saturated carbocycles. The van der Waals surface area contributed by atoms with E-state index in [1.165, 1.54) is 5.56 Å². The topological polar surface area (TPSA) is 35.6 Å². The highest BCUT2D eigenvalue weighted by Gasteiger charge is 2.21. The van der Waals surface area contributed by atoms with Gasteiger partial charge in [-0.15, -0.1) is 0 Å². The lowest BCUT2D eigenvalue weighted by Gasteiger charge is -2.20.